The van der Waals surface area contributed by atoms with Crippen LogP contribution in [-0.4, -0.2) is 27.0 Å². The van der Waals surface area contributed by atoms with Crippen molar-refractivity contribution in [2.24, 2.45) is 0 Å². The van der Waals surface area contributed by atoms with Gasteiger partial charge < -0.3 is 9.88 Å². The average Bonchev–Trinajstić information content (AvgIpc) is 2.95. The standard InChI is InChI=1S/C18H18F2N4O/c1-11(2)24-16(23-15-4-3-8-21-17(15)24)7-9-22-18(25)13-10-12(19)5-6-14(13)20/h3-6,8,10-11H,7,9H2,1-2H3,(H,22,25). The Bertz CT molecular complexity index is 921. The number of nitrogens with zero attached hydrogens (tertiary/aromatic N) is 3. The highest BCUT2D eigenvalue weighted by Gasteiger charge is 2.16. The van der Waals surface area contributed by atoms with Gasteiger partial charge in [0.1, 0.15) is 23.0 Å². The second-order valence-corrected chi connectivity index (χ2v) is 5.97. The number of pyridine rings is 1. The van der Waals surface area contributed by atoms with Crippen LogP contribution < -0.4 is 5.32 Å². The summed E-state index contributed by atoms with van der Waals surface area (Å²) >= 11 is 0. The fraction of sp³-hybridized carbons (Fsp3) is 0.278. The number of amides is 1. The number of carbonyl (C=O) groups is 1. The van der Waals surface area contributed by atoms with E-state index < -0.39 is 17.5 Å². The largest absolute Gasteiger partial charge is 0.351 e. The molecule has 130 valence electrons. The van der Waals surface area contributed by atoms with Crippen LogP contribution in [0.25, 0.3) is 11.2 Å². The molecule has 0 saturated heterocycles. The fourth-order valence-electron chi connectivity index (χ4n) is 2.75. The number of fused-ring (bicyclic) bond motifs is 1. The van der Waals surface area contributed by atoms with E-state index in [1.54, 1.807) is 6.20 Å². The first-order chi connectivity index (χ1) is 12.0. The molecule has 2 aromatic heterocycles. The monoisotopic (exact) mass is 344 g/mol. The van der Waals surface area contributed by atoms with Crippen LogP contribution in [0.15, 0.2) is 36.5 Å². The van der Waals surface area contributed by atoms with Crippen molar-refractivity contribution in [3.63, 3.8) is 0 Å². The van der Waals surface area contributed by atoms with Crippen LogP contribution >= 0.6 is 0 Å². The molecule has 0 atom stereocenters. The molecule has 0 unspecified atom stereocenters. The van der Waals surface area contributed by atoms with Crippen LogP contribution in [0, 0.1) is 11.6 Å². The summed E-state index contributed by atoms with van der Waals surface area (Å²) in [5.41, 5.74) is 1.27. The molecule has 0 aliphatic rings. The number of carbonyl (C=O) groups excluding carboxylic acids is 1. The topological polar surface area (TPSA) is 59.8 Å². The van der Waals surface area contributed by atoms with E-state index in [1.165, 1.54) is 0 Å². The van der Waals surface area contributed by atoms with E-state index in [9.17, 15) is 13.6 Å². The van der Waals surface area contributed by atoms with E-state index in [-0.39, 0.29) is 18.2 Å². The molecule has 3 rings (SSSR count). The van der Waals surface area contributed by atoms with Gasteiger partial charge in [0.05, 0.1) is 5.56 Å². The smallest absolute Gasteiger partial charge is 0.254 e. The van der Waals surface area contributed by atoms with Gasteiger partial charge >= 0.3 is 0 Å². The Morgan fingerprint density at radius 3 is 2.84 bits per heavy atom. The van der Waals surface area contributed by atoms with Crippen LogP contribution in [0.1, 0.15) is 36.1 Å². The summed E-state index contributed by atoms with van der Waals surface area (Å²) in [5.74, 6) is -1.28. The lowest BCUT2D eigenvalue weighted by molar-refractivity contribution is 0.0949. The second kappa shape index (κ2) is 6.96. The van der Waals surface area contributed by atoms with Crippen molar-refractivity contribution in [2.45, 2.75) is 26.3 Å². The lowest BCUT2D eigenvalue weighted by Gasteiger charge is -2.12. The Balaban J connectivity index is 1.74. The molecule has 5 nitrogen and oxygen atoms in total. The normalized spacial score (nSPS) is 11.2. The first-order valence-corrected chi connectivity index (χ1v) is 8.02. The number of nitrogens with one attached hydrogen (secondary N) is 1. The number of hydrogen-bond acceptors (Lipinski definition) is 3. The van der Waals surface area contributed by atoms with Gasteiger partial charge in [-0.05, 0) is 44.2 Å². The van der Waals surface area contributed by atoms with Gasteiger partial charge in [-0.3, -0.25) is 4.79 Å². The van der Waals surface area contributed by atoms with Gasteiger partial charge in [0.2, 0.25) is 0 Å². The molecule has 1 aromatic carbocycles. The van der Waals surface area contributed by atoms with Crippen LogP contribution in [0.5, 0.6) is 0 Å². The molecular formula is C18H18F2N4O. The number of imidazole rings is 1. The maximum atomic E-state index is 13.6. The molecule has 3 aromatic rings. The maximum absolute atomic E-state index is 13.6. The Kier molecular flexibility index (Phi) is 4.74. The van der Waals surface area contributed by atoms with E-state index in [4.69, 9.17) is 0 Å². The van der Waals surface area contributed by atoms with Crippen molar-refractivity contribution >= 4 is 17.1 Å². The third kappa shape index (κ3) is 3.50. The molecule has 2 heterocycles. The predicted molar refractivity (Wildman–Crippen MR) is 90.3 cm³/mol. The summed E-state index contributed by atoms with van der Waals surface area (Å²) in [4.78, 5) is 20.9. The van der Waals surface area contributed by atoms with E-state index in [2.05, 4.69) is 15.3 Å². The molecule has 1 N–H and O–H groups in total. The van der Waals surface area contributed by atoms with Gasteiger partial charge in [-0.2, -0.15) is 0 Å². The average molecular weight is 344 g/mol. The third-order valence-corrected chi connectivity index (χ3v) is 3.85. The van der Waals surface area contributed by atoms with Crippen molar-refractivity contribution in [3.8, 4) is 0 Å². The predicted octanol–water partition coefficient (Wildman–Crippen LogP) is 3.26. The van der Waals surface area contributed by atoms with Crippen molar-refractivity contribution in [2.75, 3.05) is 6.54 Å². The molecule has 0 aliphatic heterocycles. The van der Waals surface area contributed by atoms with Gasteiger partial charge in [0.25, 0.3) is 5.91 Å². The van der Waals surface area contributed by atoms with Crippen molar-refractivity contribution in [1.82, 2.24) is 19.9 Å². The SMILES string of the molecule is CC(C)n1c(CCNC(=O)c2cc(F)ccc2F)nc2cccnc21. The molecule has 0 radical (unpaired) electrons. The van der Waals surface area contributed by atoms with E-state index in [0.717, 1.165) is 35.2 Å². The molecule has 7 heteroatoms. The van der Waals surface area contributed by atoms with Gasteiger partial charge in [0.15, 0.2) is 5.65 Å². The van der Waals surface area contributed by atoms with Crippen LogP contribution in [0.3, 0.4) is 0 Å². The minimum absolute atomic E-state index is 0.159. The van der Waals surface area contributed by atoms with Gasteiger partial charge in [-0.1, -0.05) is 0 Å². The van der Waals surface area contributed by atoms with Gasteiger partial charge in [0, 0.05) is 25.2 Å². The minimum Gasteiger partial charge on any atom is -0.351 e. The van der Waals surface area contributed by atoms with E-state index in [0.29, 0.717) is 6.42 Å². The zero-order valence-electron chi connectivity index (χ0n) is 14.0. The molecule has 1 amide bonds. The number of hydrogen-bond donors (Lipinski definition) is 1. The van der Waals surface area contributed by atoms with Crippen molar-refractivity contribution in [3.05, 3.63) is 59.6 Å². The molecule has 0 saturated carbocycles. The summed E-state index contributed by atoms with van der Waals surface area (Å²) < 4.78 is 28.8. The highest BCUT2D eigenvalue weighted by atomic mass is 19.1. The summed E-state index contributed by atoms with van der Waals surface area (Å²) in [5, 5.41) is 2.61. The van der Waals surface area contributed by atoms with Gasteiger partial charge in [-0.15, -0.1) is 0 Å². The zero-order valence-corrected chi connectivity index (χ0v) is 14.0. The third-order valence-electron chi connectivity index (χ3n) is 3.85. The maximum Gasteiger partial charge on any atom is 0.254 e. The first-order valence-electron chi connectivity index (χ1n) is 8.02. The Hall–Kier alpha value is -2.83. The molecule has 0 aliphatic carbocycles. The number of benzene rings is 1. The summed E-state index contributed by atoms with van der Waals surface area (Å²) in [6.45, 7) is 4.31. The Morgan fingerprint density at radius 2 is 2.08 bits per heavy atom. The first kappa shape index (κ1) is 17.0. The summed E-state index contributed by atoms with van der Waals surface area (Å²) in [6.07, 6.45) is 2.17. The Labute approximate surface area is 143 Å². The van der Waals surface area contributed by atoms with Crippen LogP contribution in [0.4, 0.5) is 8.78 Å². The number of halogens is 2. The minimum atomic E-state index is -0.752. The summed E-state index contributed by atoms with van der Waals surface area (Å²) in [7, 11) is 0. The number of rotatable bonds is 5. The van der Waals surface area contributed by atoms with Crippen LogP contribution in [0.2, 0.25) is 0 Å². The Morgan fingerprint density at radius 1 is 1.28 bits per heavy atom. The van der Waals surface area contributed by atoms with E-state index in [1.807, 2.05) is 30.5 Å². The van der Waals surface area contributed by atoms with E-state index >= 15 is 0 Å². The lowest BCUT2D eigenvalue weighted by Crippen LogP contribution is -2.27. The molecular weight excluding hydrogens is 326 g/mol. The zero-order chi connectivity index (χ0) is 18.0. The summed E-state index contributed by atoms with van der Waals surface area (Å²) in [6, 6.07) is 6.66. The lowest BCUT2D eigenvalue weighted by atomic mass is 10.2. The van der Waals surface area contributed by atoms with Gasteiger partial charge in [-0.25, -0.2) is 18.7 Å². The molecule has 0 bridgehead atoms. The quantitative estimate of drug-likeness (QED) is 0.773. The molecule has 0 fully saturated rings. The number of aromatic nitrogens is 3. The van der Waals surface area contributed by atoms with Crippen LogP contribution in [-0.2, 0) is 6.42 Å². The molecule has 25 heavy (non-hydrogen) atoms. The van der Waals surface area contributed by atoms with Crippen molar-refractivity contribution < 1.29 is 13.6 Å². The highest BCUT2D eigenvalue weighted by Crippen LogP contribution is 2.19. The highest BCUT2D eigenvalue weighted by molar-refractivity contribution is 5.94. The fourth-order valence-corrected chi connectivity index (χ4v) is 2.75. The second-order valence-electron chi connectivity index (χ2n) is 5.97. The molecule has 0 spiro atoms. The van der Waals surface area contributed by atoms with Crippen molar-refractivity contribution in [1.29, 1.82) is 0 Å².